The first-order valence-corrected chi connectivity index (χ1v) is 11.8. The third-order valence-electron chi connectivity index (χ3n) is 5.75. The lowest BCUT2D eigenvalue weighted by Gasteiger charge is -2.33. The van der Waals surface area contributed by atoms with Crippen LogP contribution in [0.4, 0.5) is 5.69 Å². The number of carbonyl (C=O) groups is 2. The molecule has 3 rings (SSSR count). The zero-order chi connectivity index (χ0) is 24.7. The number of methoxy groups -OCH3 is 1. The molecule has 1 heterocycles. The van der Waals surface area contributed by atoms with Gasteiger partial charge in [-0.05, 0) is 55.7 Å². The van der Waals surface area contributed by atoms with Crippen LogP contribution >= 0.6 is 11.6 Å². The van der Waals surface area contributed by atoms with Crippen LogP contribution in [0.5, 0.6) is 11.5 Å². The highest BCUT2D eigenvalue weighted by Crippen LogP contribution is 2.36. The summed E-state index contributed by atoms with van der Waals surface area (Å²) in [6, 6.07) is 9.48. The van der Waals surface area contributed by atoms with Crippen molar-refractivity contribution in [2.45, 2.75) is 20.8 Å². The summed E-state index contributed by atoms with van der Waals surface area (Å²) in [6.45, 7) is 9.04. The number of carbonyl (C=O) groups excluding carboxylic acids is 2. The molecule has 0 atom stereocenters. The van der Waals surface area contributed by atoms with E-state index in [-0.39, 0.29) is 11.8 Å². The van der Waals surface area contributed by atoms with E-state index in [1.54, 1.807) is 23.1 Å². The van der Waals surface area contributed by atoms with Crippen molar-refractivity contribution < 1.29 is 19.1 Å². The Bertz CT molecular complexity index is 1040. The zero-order valence-electron chi connectivity index (χ0n) is 20.2. The summed E-state index contributed by atoms with van der Waals surface area (Å²) in [5, 5.41) is 3.45. The van der Waals surface area contributed by atoms with Crippen molar-refractivity contribution in [2.75, 3.05) is 51.8 Å². The molecular weight excluding hydrogens is 454 g/mol. The number of aryl methyl sites for hydroxylation is 2. The lowest BCUT2D eigenvalue weighted by Crippen LogP contribution is -2.50. The van der Waals surface area contributed by atoms with Crippen molar-refractivity contribution in [1.29, 1.82) is 0 Å². The maximum absolute atomic E-state index is 12.7. The van der Waals surface area contributed by atoms with E-state index in [1.807, 2.05) is 39.0 Å². The molecule has 2 aromatic carbocycles. The molecule has 2 amide bonds. The highest BCUT2D eigenvalue weighted by atomic mass is 35.5. The number of amides is 2. The number of hydrogen-bond donors (Lipinski definition) is 1. The standard InChI is InChI=1S/C26H32ClN3O4/c1-5-34-22-16-20(15-21(27)26(22)33-4)9-10-24(32)30-13-11-29(12-14-30)17-23(31)28-25-18(2)7-6-8-19(25)3/h6-10,15-16H,5,11-14,17H2,1-4H3,(H,28,31)/b10-9+. The number of benzene rings is 2. The Morgan fingerprint density at radius 2 is 1.79 bits per heavy atom. The van der Waals surface area contributed by atoms with Crippen LogP contribution in [-0.4, -0.2) is 68.1 Å². The second kappa shape index (κ2) is 11.9. The summed E-state index contributed by atoms with van der Waals surface area (Å²) in [4.78, 5) is 29.1. The highest BCUT2D eigenvalue weighted by Gasteiger charge is 2.21. The molecule has 182 valence electrons. The van der Waals surface area contributed by atoms with Gasteiger partial charge < -0.3 is 19.7 Å². The second-order valence-corrected chi connectivity index (χ2v) is 8.62. The minimum atomic E-state index is -0.0791. The van der Waals surface area contributed by atoms with Gasteiger partial charge in [0, 0.05) is 37.9 Å². The van der Waals surface area contributed by atoms with Crippen molar-refractivity contribution >= 4 is 35.2 Å². The summed E-state index contributed by atoms with van der Waals surface area (Å²) in [5.74, 6) is 0.894. The van der Waals surface area contributed by atoms with E-state index in [1.165, 1.54) is 13.2 Å². The summed E-state index contributed by atoms with van der Waals surface area (Å²) in [7, 11) is 1.54. The zero-order valence-corrected chi connectivity index (χ0v) is 20.9. The van der Waals surface area contributed by atoms with Gasteiger partial charge in [-0.25, -0.2) is 0 Å². The van der Waals surface area contributed by atoms with Crippen LogP contribution in [-0.2, 0) is 9.59 Å². The number of rotatable bonds is 8. The van der Waals surface area contributed by atoms with Crippen LogP contribution in [0.15, 0.2) is 36.4 Å². The first-order valence-electron chi connectivity index (χ1n) is 11.4. The van der Waals surface area contributed by atoms with Gasteiger partial charge in [0.1, 0.15) is 0 Å². The molecule has 1 aliphatic rings. The Morgan fingerprint density at radius 1 is 1.12 bits per heavy atom. The van der Waals surface area contributed by atoms with Crippen LogP contribution in [0.3, 0.4) is 0 Å². The molecule has 0 aromatic heterocycles. The highest BCUT2D eigenvalue weighted by molar-refractivity contribution is 6.32. The second-order valence-electron chi connectivity index (χ2n) is 8.22. The number of anilines is 1. The Balaban J connectivity index is 1.53. The van der Waals surface area contributed by atoms with Crippen LogP contribution in [0, 0.1) is 13.8 Å². The predicted octanol–water partition coefficient (Wildman–Crippen LogP) is 4.16. The van der Waals surface area contributed by atoms with E-state index in [9.17, 15) is 9.59 Å². The number of nitrogens with zero attached hydrogens (tertiary/aromatic N) is 2. The fourth-order valence-electron chi connectivity index (χ4n) is 3.94. The van der Waals surface area contributed by atoms with E-state index in [2.05, 4.69) is 10.2 Å². The fraction of sp³-hybridized carbons (Fsp3) is 0.385. The lowest BCUT2D eigenvalue weighted by atomic mass is 10.1. The van der Waals surface area contributed by atoms with Gasteiger partial charge in [-0.1, -0.05) is 29.8 Å². The van der Waals surface area contributed by atoms with Crippen LogP contribution in [0.1, 0.15) is 23.6 Å². The SMILES string of the molecule is CCOc1cc(/C=C/C(=O)N2CCN(CC(=O)Nc3c(C)cccc3C)CC2)cc(Cl)c1OC. The van der Waals surface area contributed by atoms with E-state index < -0.39 is 0 Å². The van der Waals surface area contributed by atoms with Gasteiger partial charge in [0.2, 0.25) is 11.8 Å². The maximum Gasteiger partial charge on any atom is 0.246 e. The summed E-state index contributed by atoms with van der Waals surface area (Å²) >= 11 is 6.29. The van der Waals surface area contributed by atoms with Gasteiger partial charge in [0.25, 0.3) is 0 Å². The van der Waals surface area contributed by atoms with Crippen molar-refractivity contribution in [2.24, 2.45) is 0 Å². The largest absolute Gasteiger partial charge is 0.491 e. The van der Waals surface area contributed by atoms with Crippen molar-refractivity contribution in [3.8, 4) is 11.5 Å². The monoisotopic (exact) mass is 485 g/mol. The third-order valence-corrected chi connectivity index (χ3v) is 6.03. The summed E-state index contributed by atoms with van der Waals surface area (Å²) in [5.41, 5.74) is 3.71. The van der Waals surface area contributed by atoms with E-state index in [4.69, 9.17) is 21.1 Å². The molecule has 1 fully saturated rings. The molecule has 0 saturated carbocycles. The first-order chi connectivity index (χ1) is 16.3. The first kappa shape index (κ1) is 25.6. The van der Waals surface area contributed by atoms with Gasteiger partial charge in [-0.2, -0.15) is 0 Å². The molecule has 8 heteroatoms. The Labute approximate surface area is 206 Å². The molecule has 0 aliphatic carbocycles. The number of piperazine rings is 1. The smallest absolute Gasteiger partial charge is 0.246 e. The molecule has 0 bridgehead atoms. The molecule has 0 radical (unpaired) electrons. The Kier molecular flexibility index (Phi) is 8.96. The molecule has 1 saturated heterocycles. The summed E-state index contributed by atoms with van der Waals surface area (Å²) < 4.78 is 10.9. The van der Waals surface area contributed by atoms with Crippen molar-refractivity contribution in [3.05, 3.63) is 58.1 Å². The minimum absolute atomic E-state index is 0.0430. The summed E-state index contributed by atoms with van der Waals surface area (Å²) in [6.07, 6.45) is 3.26. The number of hydrogen-bond acceptors (Lipinski definition) is 5. The van der Waals surface area contributed by atoms with Gasteiger partial charge >= 0.3 is 0 Å². The van der Waals surface area contributed by atoms with Gasteiger partial charge in [0.15, 0.2) is 11.5 Å². The Hall–Kier alpha value is -3.03. The average Bonchev–Trinajstić information content (AvgIpc) is 2.80. The molecule has 0 spiro atoms. The van der Waals surface area contributed by atoms with Gasteiger partial charge in [0.05, 0.1) is 25.3 Å². The predicted molar refractivity (Wildman–Crippen MR) is 136 cm³/mol. The topological polar surface area (TPSA) is 71.1 Å². The van der Waals surface area contributed by atoms with E-state index >= 15 is 0 Å². The van der Waals surface area contributed by atoms with E-state index in [0.29, 0.717) is 55.9 Å². The van der Waals surface area contributed by atoms with Crippen molar-refractivity contribution in [1.82, 2.24) is 9.80 Å². The third kappa shape index (κ3) is 6.52. The number of ether oxygens (including phenoxy) is 2. The lowest BCUT2D eigenvalue weighted by molar-refractivity contribution is -0.127. The normalized spacial score (nSPS) is 14.3. The van der Waals surface area contributed by atoms with Gasteiger partial charge in [-0.3, -0.25) is 14.5 Å². The minimum Gasteiger partial charge on any atom is -0.491 e. The number of nitrogens with one attached hydrogen (secondary N) is 1. The van der Waals surface area contributed by atoms with Crippen LogP contribution in [0.25, 0.3) is 6.08 Å². The number of halogens is 1. The molecule has 0 unspecified atom stereocenters. The molecular formula is C26H32ClN3O4. The average molecular weight is 486 g/mol. The molecule has 1 aliphatic heterocycles. The molecule has 1 N–H and O–H groups in total. The molecule has 2 aromatic rings. The molecule has 34 heavy (non-hydrogen) atoms. The maximum atomic E-state index is 12.7. The number of para-hydroxylation sites is 1. The van der Waals surface area contributed by atoms with Crippen LogP contribution in [0.2, 0.25) is 5.02 Å². The van der Waals surface area contributed by atoms with E-state index in [0.717, 1.165) is 22.4 Å². The van der Waals surface area contributed by atoms with Crippen molar-refractivity contribution in [3.63, 3.8) is 0 Å². The molecule has 7 nitrogen and oxygen atoms in total. The quantitative estimate of drug-likeness (QED) is 0.568. The Morgan fingerprint density at radius 3 is 2.41 bits per heavy atom. The van der Waals surface area contributed by atoms with Gasteiger partial charge in [-0.15, -0.1) is 0 Å². The van der Waals surface area contributed by atoms with Crippen LogP contribution < -0.4 is 14.8 Å². The fourth-order valence-corrected chi connectivity index (χ4v) is 4.23.